The Morgan fingerprint density at radius 1 is 0.356 bits per heavy atom. The first-order valence-corrected chi connectivity index (χ1v) is 38.8. The average Bonchev–Trinajstić information content (AvgIpc) is 3.58. The van der Waals surface area contributed by atoms with E-state index < -0.39 is 26.5 Å². The molecule has 0 saturated carbocycles. The summed E-state index contributed by atoms with van der Waals surface area (Å²) >= 11 is 0. The van der Waals surface area contributed by atoms with E-state index in [-0.39, 0.29) is 32.0 Å². The molecule has 518 valence electrons. The third-order valence-corrected chi connectivity index (χ3v) is 17.0. The SMILES string of the molecule is CC/C=C\C/C=C\C/C=C\C/C=C\C/C=C\C/C=C\C/C=C\CCCCCC(=O)OC(COC(=O)CCCCCCCCCCCCCCCCCCCCCCCCCCCC/C=C\C/C=C\C/C=C\CCCCCCC)COP(=O)(O)OCC[N+](C)(C)C. The summed E-state index contributed by atoms with van der Waals surface area (Å²) in [4.78, 5) is 35.9. The number of nitrogens with zero attached hydrogens (tertiary/aromatic N) is 1. The summed E-state index contributed by atoms with van der Waals surface area (Å²) in [5, 5.41) is 0. The fraction of sp³-hybridized carbons (Fsp3) is 0.725. The first kappa shape index (κ1) is 86.4. The lowest BCUT2D eigenvalue weighted by atomic mass is 10.0. The Balaban J connectivity index is 3.98. The Bertz CT molecular complexity index is 1940. The fourth-order valence-corrected chi connectivity index (χ4v) is 11.0. The highest BCUT2D eigenvalue weighted by molar-refractivity contribution is 7.47. The Morgan fingerprint density at radius 2 is 0.633 bits per heavy atom. The number of unbranched alkanes of at least 4 members (excludes halogenated alkanes) is 34. The van der Waals surface area contributed by atoms with E-state index in [2.05, 4.69) is 135 Å². The number of hydrogen-bond acceptors (Lipinski definition) is 7. The number of allylic oxidation sites excluding steroid dienone is 20. The van der Waals surface area contributed by atoms with E-state index in [1.165, 1.54) is 193 Å². The second kappa shape index (κ2) is 69.7. The van der Waals surface area contributed by atoms with Crippen LogP contribution in [-0.4, -0.2) is 74.9 Å². The van der Waals surface area contributed by atoms with E-state index in [9.17, 15) is 19.0 Å². The number of quaternary nitrogens is 1. The zero-order chi connectivity index (χ0) is 65.5. The van der Waals surface area contributed by atoms with Crippen LogP contribution in [0.25, 0.3) is 0 Å². The van der Waals surface area contributed by atoms with Gasteiger partial charge in [0.05, 0.1) is 27.7 Å². The highest BCUT2D eigenvalue weighted by atomic mass is 31.2. The van der Waals surface area contributed by atoms with Crippen LogP contribution in [0.1, 0.15) is 322 Å². The van der Waals surface area contributed by atoms with Crippen LogP contribution in [0.15, 0.2) is 122 Å². The van der Waals surface area contributed by atoms with Gasteiger partial charge in [-0.1, -0.05) is 322 Å². The molecule has 0 radical (unpaired) electrons. The highest BCUT2D eigenvalue weighted by Gasteiger charge is 2.27. The summed E-state index contributed by atoms with van der Waals surface area (Å²) in [6.45, 7) is 4.29. The number of ether oxygens (including phenoxy) is 2. The lowest BCUT2D eigenvalue weighted by molar-refractivity contribution is -0.870. The van der Waals surface area contributed by atoms with Crippen molar-refractivity contribution in [2.45, 2.75) is 328 Å². The molecule has 9 nitrogen and oxygen atoms in total. The molecule has 0 aromatic rings. The Labute approximate surface area is 556 Å². The summed E-state index contributed by atoms with van der Waals surface area (Å²) in [5.74, 6) is -0.832. The van der Waals surface area contributed by atoms with Gasteiger partial charge < -0.3 is 18.9 Å². The van der Waals surface area contributed by atoms with Crippen molar-refractivity contribution in [3.8, 4) is 0 Å². The van der Waals surface area contributed by atoms with E-state index in [4.69, 9.17) is 18.5 Å². The number of esters is 2. The molecule has 0 aromatic carbocycles. The summed E-state index contributed by atoms with van der Waals surface area (Å²) in [6.07, 6.45) is 101. The number of likely N-dealkylation sites (N-methyl/N-ethyl adjacent to an activating group) is 1. The fourth-order valence-electron chi connectivity index (χ4n) is 10.3. The highest BCUT2D eigenvalue weighted by Crippen LogP contribution is 2.43. The minimum atomic E-state index is -4.41. The summed E-state index contributed by atoms with van der Waals surface area (Å²) in [5.41, 5.74) is 0. The van der Waals surface area contributed by atoms with Crippen LogP contribution in [0.4, 0.5) is 0 Å². The molecule has 1 N–H and O–H groups in total. The molecule has 0 spiro atoms. The molecule has 0 aliphatic carbocycles. The van der Waals surface area contributed by atoms with Crippen LogP contribution < -0.4 is 0 Å². The van der Waals surface area contributed by atoms with Crippen molar-refractivity contribution < 1.29 is 42.1 Å². The molecule has 0 bridgehead atoms. The third kappa shape index (κ3) is 73.5. The van der Waals surface area contributed by atoms with Crippen molar-refractivity contribution >= 4 is 19.8 Å². The van der Waals surface area contributed by atoms with Gasteiger partial charge in [0.15, 0.2) is 6.10 Å². The normalized spacial score (nSPS) is 13.8. The Kier molecular flexibility index (Phi) is 67.0. The molecule has 0 aliphatic heterocycles. The predicted octanol–water partition coefficient (Wildman–Crippen LogP) is 24.6. The van der Waals surface area contributed by atoms with Crippen molar-refractivity contribution in [3.63, 3.8) is 0 Å². The van der Waals surface area contributed by atoms with E-state index in [1.807, 2.05) is 21.1 Å². The predicted molar refractivity (Wildman–Crippen MR) is 390 cm³/mol. The van der Waals surface area contributed by atoms with E-state index in [0.29, 0.717) is 17.4 Å². The van der Waals surface area contributed by atoms with Crippen LogP contribution in [0.2, 0.25) is 0 Å². The molecule has 0 aliphatic rings. The molecule has 0 saturated heterocycles. The van der Waals surface area contributed by atoms with Crippen molar-refractivity contribution in [1.29, 1.82) is 0 Å². The maximum Gasteiger partial charge on any atom is 0.472 e. The molecule has 90 heavy (non-hydrogen) atoms. The number of carbonyl (C=O) groups is 2. The van der Waals surface area contributed by atoms with Gasteiger partial charge in [-0.2, -0.15) is 0 Å². The molecule has 2 atom stereocenters. The van der Waals surface area contributed by atoms with Gasteiger partial charge in [0.2, 0.25) is 0 Å². The van der Waals surface area contributed by atoms with Gasteiger partial charge in [0.25, 0.3) is 0 Å². The molecule has 0 rings (SSSR count). The molecule has 10 heteroatoms. The van der Waals surface area contributed by atoms with Gasteiger partial charge in [-0.3, -0.25) is 18.6 Å². The molecule has 0 heterocycles. The first-order valence-electron chi connectivity index (χ1n) is 37.3. The monoisotopic (exact) mass is 1280 g/mol. The Hall–Kier alpha value is -3.59. The number of phosphoric ester groups is 1. The number of rotatable bonds is 68. The quantitative estimate of drug-likeness (QED) is 0.0211. The lowest BCUT2D eigenvalue weighted by Crippen LogP contribution is -2.37. The van der Waals surface area contributed by atoms with Gasteiger partial charge in [0.1, 0.15) is 19.8 Å². The standard InChI is InChI=1S/C80H140NO8P/c1-6-8-10-12-14-16-18-20-22-24-26-28-30-32-33-34-35-36-37-38-39-40-41-42-43-44-45-46-47-49-50-52-54-56-58-60-62-64-66-68-70-72-79(82)86-76-78(77-88-90(84,85)87-75-74-81(3,4)5)89-80(83)73-71-69-67-65-63-61-59-57-55-53-51-48-31-29-27-25-23-21-19-17-15-13-11-9-7-2/h9,11,15,17-18,20-21,23-24,26-27,29-30,32,48,51,55,57,61,63,78H,6-8,10,12-14,16,19,22,25,28,31,33-47,49-50,52-54,56,58-60,62,64-77H2,1-5H3/p+1/b11-9-,17-15-,20-18-,23-21-,26-24-,29-27-,32-30-,51-48-,57-55-,63-61-. The minimum Gasteiger partial charge on any atom is -0.462 e. The second-order valence-corrected chi connectivity index (χ2v) is 27.4. The van der Waals surface area contributed by atoms with Gasteiger partial charge in [-0.05, 0) is 109 Å². The maximum absolute atomic E-state index is 12.9. The Morgan fingerprint density at radius 3 is 0.956 bits per heavy atom. The molecule has 0 amide bonds. The van der Waals surface area contributed by atoms with Crippen LogP contribution in [0.3, 0.4) is 0 Å². The summed E-state index contributed by atoms with van der Waals surface area (Å²) < 4.78 is 34.7. The van der Waals surface area contributed by atoms with Crippen molar-refractivity contribution in [3.05, 3.63) is 122 Å². The molecule has 0 aromatic heterocycles. The average molecular weight is 1280 g/mol. The summed E-state index contributed by atoms with van der Waals surface area (Å²) in [6, 6.07) is 0. The third-order valence-electron chi connectivity index (χ3n) is 16.0. The van der Waals surface area contributed by atoms with Crippen LogP contribution in [0, 0.1) is 0 Å². The van der Waals surface area contributed by atoms with Crippen LogP contribution >= 0.6 is 7.82 Å². The van der Waals surface area contributed by atoms with Gasteiger partial charge in [-0.15, -0.1) is 0 Å². The molecule has 0 fully saturated rings. The minimum absolute atomic E-state index is 0.0203. The van der Waals surface area contributed by atoms with Gasteiger partial charge >= 0.3 is 19.8 Å². The number of hydrogen-bond donors (Lipinski definition) is 1. The molecular weight excluding hydrogens is 1130 g/mol. The maximum atomic E-state index is 12.9. The van der Waals surface area contributed by atoms with Crippen LogP contribution in [0.5, 0.6) is 0 Å². The summed E-state index contributed by atoms with van der Waals surface area (Å²) in [7, 11) is 1.45. The van der Waals surface area contributed by atoms with Crippen molar-refractivity contribution in [2.24, 2.45) is 0 Å². The number of phosphoric acid groups is 1. The second-order valence-electron chi connectivity index (χ2n) is 25.9. The van der Waals surface area contributed by atoms with E-state index >= 15 is 0 Å². The van der Waals surface area contributed by atoms with E-state index in [0.717, 1.165) is 96.3 Å². The zero-order valence-corrected chi connectivity index (χ0v) is 60.0. The lowest BCUT2D eigenvalue weighted by Gasteiger charge is -2.24. The van der Waals surface area contributed by atoms with Crippen molar-refractivity contribution in [1.82, 2.24) is 0 Å². The van der Waals surface area contributed by atoms with Crippen molar-refractivity contribution in [2.75, 3.05) is 47.5 Å². The van der Waals surface area contributed by atoms with E-state index in [1.54, 1.807) is 0 Å². The largest absolute Gasteiger partial charge is 0.472 e. The first-order chi connectivity index (χ1) is 44.0. The molecule has 2 unspecified atom stereocenters. The van der Waals surface area contributed by atoms with Gasteiger partial charge in [0, 0.05) is 12.8 Å². The molecular formula is C80H141NO8P+. The topological polar surface area (TPSA) is 108 Å². The smallest absolute Gasteiger partial charge is 0.462 e. The van der Waals surface area contributed by atoms with Crippen LogP contribution in [-0.2, 0) is 32.7 Å². The van der Waals surface area contributed by atoms with Gasteiger partial charge in [-0.25, -0.2) is 4.57 Å². The number of carbonyl (C=O) groups excluding carboxylic acids is 2. The zero-order valence-electron chi connectivity index (χ0n) is 59.1.